The summed E-state index contributed by atoms with van der Waals surface area (Å²) in [6, 6.07) is 9.02. The molecule has 0 spiro atoms. The number of hydrogen-bond acceptors (Lipinski definition) is 4. The topological polar surface area (TPSA) is 75.9 Å². The number of alkyl halides is 6. The molecule has 3 saturated heterocycles. The Kier molecular flexibility index (Phi) is 9.22. The van der Waals surface area contributed by atoms with Crippen LogP contribution in [-0.2, 0) is 33.3 Å². The second-order valence-corrected chi connectivity index (χ2v) is 11.4. The van der Waals surface area contributed by atoms with Crippen molar-refractivity contribution in [3.05, 3.63) is 71.0 Å². The number of benzene rings is 2. The van der Waals surface area contributed by atoms with Crippen LogP contribution < -0.4 is 5.73 Å². The van der Waals surface area contributed by atoms with Crippen LogP contribution in [0.15, 0.2) is 48.5 Å². The summed E-state index contributed by atoms with van der Waals surface area (Å²) in [7, 11) is 0. The van der Waals surface area contributed by atoms with Gasteiger partial charge in [-0.1, -0.05) is 18.2 Å². The number of hydrogen-bond donors (Lipinski definition) is 1. The summed E-state index contributed by atoms with van der Waals surface area (Å²) >= 11 is 0. The van der Waals surface area contributed by atoms with Gasteiger partial charge in [0.15, 0.2) is 0 Å². The fourth-order valence-electron chi connectivity index (χ4n) is 5.61. The molecule has 230 valence electrons. The standard InChI is InChI=1S/C23H27F6N3O3.C6H5F/c1-21(30)2-3-31(12-21)20(34)14-6-17-9-18(10-32(17)19(33)7-14)35-11-13-4-15(22(24,25)26)8-16(5-13)23(27,28)29;7-6-4-2-1-3-5-6/h4-5,8,14,17-18H,2-3,6-7,9-12,30H2,1H3;1-5H. The number of carbonyl (C=O) groups is 2. The zero-order valence-electron chi connectivity index (χ0n) is 22.8. The number of nitrogens with zero attached hydrogens (tertiary/aromatic N) is 2. The number of ether oxygens (including phenoxy) is 1. The molecule has 2 aromatic carbocycles. The maximum Gasteiger partial charge on any atom is 0.416 e. The van der Waals surface area contributed by atoms with Gasteiger partial charge in [0.05, 0.1) is 23.8 Å². The van der Waals surface area contributed by atoms with Gasteiger partial charge in [-0.2, -0.15) is 26.3 Å². The van der Waals surface area contributed by atoms with Crippen LogP contribution in [0.2, 0.25) is 0 Å². The van der Waals surface area contributed by atoms with Gasteiger partial charge >= 0.3 is 12.4 Å². The average Bonchev–Trinajstić information content (AvgIpc) is 3.49. The van der Waals surface area contributed by atoms with Crippen LogP contribution >= 0.6 is 0 Å². The molecular formula is C29H32F7N3O3. The summed E-state index contributed by atoms with van der Waals surface area (Å²) in [6.45, 7) is 2.55. The van der Waals surface area contributed by atoms with Crippen LogP contribution in [0.5, 0.6) is 0 Å². The number of carbonyl (C=O) groups excluding carboxylic acids is 2. The smallest absolute Gasteiger partial charge is 0.372 e. The number of nitrogens with two attached hydrogens (primary N) is 1. The zero-order valence-corrected chi connectivity index (χ0v) is 22.8. The zero-order chi connectivity index (χ0) is 30.9. The largest absolute Gasteiger partial charge is 0.416 e. The SMILES string of the molecule is CC1(N)CCN(C(=O)C2CC(=O)N3CC(OCc4cc(C(F)(F)F)cc(C(F)(F)F)c4)CC3C2)C1.Fc1ccccc1. The van der Waals surface area contributed by atoms with Crippen molar-refractivity contribution in [2.45, 2.75) is 69.3 Å². The van der Waals surface area contributed by atoms with E-state index in [1.807, 2.05) is 6.92 Å². The van der Waals surface area contributed by atoms with Crippen LogP contribution in [-0.4, -0.2) is 58.9 Å². The molecule has 0 aromatic heterocycles. The van der Waals surface area contributed by atoms with Gasteiger partial charge in [0.25, 0.3) is 0 Å². The first-order valence-electron chi connectivity index (χ1n) is 13.5. The number of piperidine rings is 1. The number of amides is 2. The fraction of sp³-hybridized carbons (Fsp3) is 0.517. The molecule has 0 aliphatic carbocycles. The first kappa shape index (κ1) is 31.7. The highest BCUT2D eigenvalue weighted by Gasteiger charge is 2.45. The molecule has 4 unspecified atom stereocenters. The molecule has 3 aliphatic rings. The first-order chi connectivity index (χ1) is 19.5. The van der Waals surface area contributed by atoms with Crippen LogP contribution in [0.25, 0.3) is 0 Å². The van der Waals surface area contributed by atoms with E-state index in [0.29, 0.717) is 44.5 Å². The molecule has 2 amide bonds. The molecule has 6 nitrogen and oxygen atoms in total. The Morgan fingerprint density at radius 3 is 2.14 bits per heavy atom. The van der Waals surface area contributed by atoms with Crippen molar-refractivity contribution >= 4 is 11.8 Å². The number of halogens is 7. The van der Waals surface area contributed by atoms with Crippen molar-refractivity contribution < 1.29 is 45.1 Å². The molecule has 5 rings (SSSR count). The predicted molar refractivity (Wildman–Crippen MR) is 138 cm³/mol. The Morgan fingerprint density at radius 2 is 1.64 bits per heavy atom. The highest BCUT2D eigenvalue weighted by atomic mass is 19.4. The Balaban J connectivity index is 0.000000507. The van der Waals surface area contributed by atoms with Crippen molar-refractivity contribution in [3.63, 3.8) is 0 Å². The Labute approximate surface area is 238 Å². The Hall–Kier alpha value is -3.19. The highest BCUT2D eigenvalue weighted by Crippen LogP contribution is 2.38. The molecular weight excluding hydrogens is 571 g/mol. The van der Waals surface area contributed by atoms with Gasteiger partial charge in [-0.3, -0.25) is 9.59 Å². The minimum absolute atomic E-state index is 0.0579. The molecule has 0 bridgehead atoms. The molecule has 42 heavy (non-hydrogen) atoms. The van der Waals surface area contributed by atoms with Gasteiger partial charge in [0.2, 0.25) is 11.8 Å². The van der Waals surface area contributed by atoms with E-state index in [1.165, 1.54) is 12.1 Å². The molecule has 0 radical (unpaired) electrons. The van der Waals surface area contributed by atoms with Crippen LogP contribution in [0, 0.1) is 11.7 Å². The summed E-state index contributed by atoms with van der Waals surface area (Å²) in [6.07, 6.45) is -8.90. The van der Waals surface area contributed by atoms with Crippen molar-refractivity contribution in [1.29, 1.82) is 0 Å². The number of rotatable bonds is 4. The molecule has 2 N–H and O–H groups in total. The van der Waals surface area contributed by atoms with E-state index < -0.39 is 47.6 Å². The lowest BCUT2D eigenvalue weighted by atomic mass is 9.89. The fourth-order valence-corrected chi connectivity index (χ4v) is 5.61. The highest BCUT2D eigenvalue weighted by molar-refractivity contribution is 5.87. The van der Waals surface area contributed by atoms with Crippen molar-refractivity contribution in [3.8, 4) is 0 Å². The predicted octanol–water partition coefficient (Wildman–Crippen LogP) is 5.40. The van der Waals surface area contributed by atoms with E-state index in [-0.39, 0.29) is 48.3 Å². The molecule has 2 aromatic rings. The lowest BCUT2D eigenvalue weighted by molar-refractivity contribution is -0.146. The summed E-state index contributed by atoms with van der Waals surface area (Å²) in [4.78, 5) is 28.9. The minimum atomic E-state index is -4.94. The molecule has 13 heteroatoms. The third kappa shape index (κ3) is 8.00. The van der Waals surface area contributed by atoms with Crippen molar-refractivity contribution in [1.82, 2.24) is 9.80 Å². The van der Waals surface area contributed by atoms with Gasteiger partial charge < -0.3 is 20.3 Å². The summed E-state index contributed by atoms with van der Waals surface area (Å²) in [5.74, 6) is -0.976. The second-order valence-electron chi connectivity index (χ2n) is 11.4. The maximum atomic E-state index is 13.1. The van der Waals surface area contributed by atoms with Crippen molar-refractivity contribution in [2.75, 3.05) is 19.6 Å². The van der Waals surface area contributed by atoms with Crippen LogP contribution in [0.4, 0.5) is 30.7 Å². The Morgan fingerprint density at radius 1 is 1.02 bits per heavy atom. The van der Waals surface area contributed by atoms with Crippen LogP contribution in [0.1, 0.15) is 49.3 Å². The van der Waals surface area contributed by atoms with Gasteiger partial charge in [-0.15, -0.1) is 0 Å². The number of likely N-dealkylation sites (tertiary alicyclic amines) is 1. The maximum absolute atomic E-state index is 13.1. The second kappa shape index (κ2) is 12.2. The van der Waals surface area contributed by atoms with E-state index in [1.54, 1.807) is 28.0 Å². The first-order valence-corrected chi connectivity index (χ1v) is 13.5. The van der Waals surface area contributed by atoms with E-state index in [0.717, 1.165) is 0 Å². The quantitative estimate of drug-likeness (QED) is 0.476. The lowest BCUT2D eigenvalue weighted by Gasteiger charge is -2.35. The van der Waals surface area contributed by atoms with Gasteiger partial charge in [-0.25, -0.2) is 4.39 Å². The molecule has 4 atom stereocenters. The van der Waals surface area contributed by atoms with E-state index in [9.17, 15) is 40.3 Å². The third-order valence-corrected chi connectivity index (χ3v) is 7.71. The normalized spacial score (nSPS) is 26.1. The molecule has 3 heterocycles. The number of fused-ring (bicyclic) bond motifs is 1. The Bertz CT molecular complexity index is 1240. The minimum Gasteiger partial charge on any atom is -0.372 e. The van der Waals surface area contributed by atoms with E-state index in [4.69, 9.17) is 10.5 Å². The van der Waals surface area contributed by atoms with Crippen LogP contribution in [0.3, 0.4) is 0 Å². The summed E-state index contributed by atoms with van der Waals surface area (Å²) < 4.78 is 96.1. The lowest BCUT2D eigenvalue weighted by Crippen LogP contribution is -2.48. The van der Waals surface area contributed by atoms with E-state index >= 15 is 0 Å². The average molecular weight is 604 g/mol. The third-order valence-electron chi connectivity index (χ3n) is 7.71. The summed E-state index contributed by atoms with van der Waals surface area (Å²) in [5, 5.41) is 0. The summed E-state index contributed by atoms with van der Waals surface area (Å²) in [5.41, 5.74) is 2.59. The molecule has 3 aliphatic heterocycles. The van der Waals surface area contributed by atoms with Gasteiger partial charge in [0.1, 0.15) is 5.82 Å². The molecule has 3 fully saturated rings. The van der Waals surface area contributed by atoms with E-state index in [2.05, 4.69) is 0 Å². The van der Waals surface area contributed by atoms with Gasteiger partial charge in [-0.05, 0) is 62.1 Å². The van der Waals surface area contributed by atoms with Crippen molar-refractivity contribution in [2.24, 2.45) is 11.7 Å². The monoisotopic (exact) mass is 603 g/mol. The molecule has 0 saturated carbocycles. The van der Waals surface area contributed by atoms with Gasteiger partial charge in [0, 0.05) is 43.6 Å².